The Morgan fingerprint density at radius 1 is 1.50 bits per heavy atom. The molecule has 0 amide bonds. The molecule has 0 spiro atoms. The molecule has 0 aromatic rings. The average molecular weight is 250 g/mol. The van der Waals surface area contributed by atoms with Crippen molar-refractivity contribution in [3.8, 4) is 0 Å². The molecule has 0 heterocycles. The minimum absolute atomic E-state index is 0.0857. The van der Waals surface area contributed by atoms with Crippen LogP contribution in [-0.2, 0) is 14.3 Å². The predicted octanol–water partition coefficient (Wildman–Crippen LogP) is 2.89. The standard InChI is InChI=1S/C15H22O3/c1-3-4-5-6-7-8-11-12-9-10-13(16)15(11,12)14(17)18-2/h7-8,11-12H,3-6,9-10H2,1-2H3. The van der Waals surface area contributed by atoms with Crippen LogP contribution in [-0.4, -0.2) is 18.9 Å². The summed E-state index contributed by atoms with van der Waals surface area (Å²) < 4.78 is 4.83. The van der Waals surface area contributed by atoms with E-state index in [4.69, 9.17) is 4.74 Å². The van der Waals surface area contributed by atoms with Gasteiger partial charge in [-0.25, -0.2) is 0 Å². The molecule has 0 aliphatic heterocycles. The second-order valence-electron chi connectivity index (χ2n) is 5.38. The van der Waals surface area contributed by atoms with Gasteiger partial charge in [-0.1, -0.05) is 31.9 Å². The van der Waals surface area contributed by atoms with Crippen LogP contribution >= 0.6 is 0 Å². The number of methoxy groups -OCH3 is 1. The monoisotopic (exact) mass is 250 g/mol. The zero-order valence-corrected chi connectivity index (χ0v) is 11.3. The number of Topliss-reactive ketones (excluding diaryl/α,β-unsaturated/α-hetero) is 1. The lowest BCUT2D eigenvalue weighted by Gasteiger charge is -2.09. The molecule has 2 fully saturated rings. The molecule has 2 rings (SSSR count). The van der Waals surface area contributed by atoms with E-state index >= 15 is 0 Å². The van der Waals surface area contributed by atoms with Gasteiger partial charge in [0.05, 0.1) is 7.11 Å². The van der Waals surface area contributed by atoms with Crippen molar-refractivity contribution in [1.82, 2.24) is 0 Å². The molecule has 3 nitrogen and oxygen atoms in total. The van der Waals surface area contributed by atoms with Gasteiger partial charge in [0.25, 0.3) is 0 Å². The van der Waals surface area contributed by atoms with Crippen molar-refractivity contribution in [2.24, 2.45) is 17.3 Å². The third kappa shape index (κ3) is 1.90. The molecule has 2 saturated carbocycles. The number of ketones is 1. The summed E-state index contributed by atoms with van der Waals surface area (Å²) in [6.45, 7) is 2.18. The molecule has 3 unspecified atom stereocenters. The fourth-order valence-electron chi connectivity index (χ4n) is 3.39. The number of hydrogen-bond acceptors (Lipinski definition) is 3. The highest BCUT2D eigenvalue weighted by Gasteiger charge is 2.76. The third-order valence-electron chi connectivity index (χ3n) is 4.42. The molecule has 0 radical (unpaired) electrons. The van der Waals surface area contributed by atoms with Crippen molar-refractivity contribution in [2.45, 2.75) is 45.4 Å². The van der Waals surface area contributed by atoms with Crippen LogP contribution in [0.15, 0.2) is 12.2 Å². The summed E-state index contributed by atoms with van der Waals surface area (Å²) >= 11 is 0. The topological polar surface area (TPSA) is 43.4 Å². The maximum absolute atomic E-state index is 11.9. The highest BCUT2D eigenvalue weighted by molar-refractivity contribution is 6.10. The van der Waals surface area contributed by atoms with E-state index in [1.165, 1.54) is 26.4 Å². The number of esters is 1. The molecule has 0 aromatic carbocycles. The van der Waals surface area contributed by atoms with Gasteiger partial charge in [0.15, 0.2) is 5.78 Å². The van der Waals surface area contributed by atoms with Gasteiger partial charge in [0.2, 0.25) is 0 Å². The van der Waals surface area contributed by atoms with Crippen LogP contribution in [0.5, 0.6) is 0 Å². The Bertz CT molecular complexity index is 372. The number of allylic oxidation sites excluding steroid dienone is 2. The Morgan fingerprint density at radius 3 is 2.94 bits per heavy atom. The second kappa shape index (κ2) is 5.25. The van der Waals surface area contributed by atoms with Gasteiger partial charge in [-0.3, -0.25) is 9.59 Å². The molecule has 100 valence electrons. The lowest BCUT2D eigenvalue weighted by atomic mass is 9.98. The average Bonchev–Trinajstić information content (AvgIpc) is 2.90. The van der Waals surface area contributed by atoms with Gasteiger partial charge >= 0.3 is 5.97 Å². The second-order valence-corrected chi connectivity index (χ2v) is 5.38. The molecule has 0 bridgehead atoms. The van der Waals surface area contributed by atoms with Gasteiger partial charge in [-0.05, 0) is 25.2 Å². The molecule has 0 saturated heterocycles. The molecule has 3 atom stereocenters. The fourth-order valence-corrected chi connectivity index (χ4v) is 3.39. The smallest absolute Gasteiger partial charge is 0.320 e. The Balaban J connectivity index is 1.96. The van der Waals surface area contributed by atoms with E-state index in [1.807, 2.05) is 0 Å². The summed E-state index contributed by atoms with van der Waals surface area (Å²) in [7, 11) is 1.38. The molecular weight excluding hydrogens is 228 g/mol. The van der Waals surface area contributed by atoms with Crippen LogP contribution in [0.2, 0.25) is 0 Å². The first kappa shape index (κ1) is 13.3. The SMILES string of the molecule is CCCCCC=CC1C2CCC(=O)C12C(=O)OC. The molecule has 2 aliphatic carbocycles. The summed E-state index contributed by atoms with van der Waals surface area (Å²) in [6, 6.07) is 0. The summed E-state index contributed by atoms with van der Waals surface area (Å²) in [6.07, 6.45) is 10.3. The van der Waals surface area contributed by atoms with E-state index in [0.29, 0.717) is 6.42 Å². The molecule has 3 heteroatoms. The predicted molar refractivity (Wildman–Crippen MR) is 69.0 cm³/mol. The van der Waals surface area contributed by atoms with Crippen molar-refractivity contribution in [3.05, 3.63) is 12.2 Å². The number of ether oxygens (including phenoxy) is 1. The van der Waals surface area contributed by atoms with Crippen molar-refractivity contribution < 1.29 is 14.3 Å². The number of unbranched alkanes of at least 4 members (excludes halogenated alkanes) is 3. The molecule has 18 heavy (non-hydrogen) atoms. The van der Waals surface area contributed by atoms with Crippen molar-refractivity contribution in [3.63, 3.8) is 0 Å². The maximum atomic E-state index is 11.9. The normalized spacial score (nSPS) is 33.8. The Morgan fingerprint density at radius 2 is 2.28 bits per heavy atom. The van der Waals surface area contributed by atoms with Crippen LogP contribution in [0.4, 0.5) is 0 Å². The van der Waals surface area contributed by atoms with Gasteiger partial charge in [0.1, 0.15) is 5.41 Å². The fraction of sp³-hybridized carbons (Fsp3) is 0.733. The molecule has 0 N–H and O–H groups in total. The summed E-state index contributed by atoms with van der Waals surface area (Å²) in [4.78, 5) is 23.8. The van der Waals surface area contributed by atoms with Crippen molar-refractivity contribution >= 4 is 11.8 Å². The van der Waals surface area contributed by atoms with Gasteiger partial charge in [0, 0.05) is 12.3 Å². The quantitative estimate of drug-likeness (QED) is 0.315. The molecular formula is C15H22O3. The molecule has 2 aliphatic rings. The zero-order valence-electron chi connectivity index (χ0n) is 11.3. The molecule has 0 aromatic heterocycles. The van der Waals surface area contributed by atoms with E-state index in [9.17, 15) is 9.59 Å². The Kier molecular flexibility index (Phi) is 3.88. The summed E-state index contributed by atoms with van der Waals surface area (Å²) in [5.74, 6) is 0.0773. The van der Waals surface area contributed by atoms with Gasteiger partial charge in [-0.15, -0.1) is 0 Å². The van der Waals surface area contributed by atoms with E-state index in [-0.39, 0.29) is 23.6 Å². The van der Waals surface area contributed by atoms with E-state index in [0.717, 1.165) is 12.8 Å². The van der Waals surface area contributed by atoms with Crippen LogP contribution in [0.1, 0.15) is 45.4 Å². The first-order chi connectivity index (χ1) is 8.69. The minimum Gasteiger partial charge on any atom is -0.468 e. The largest absolute Gasteiger partial charge is 0.468 e. The van der Waals surface area contributed by atoms with Crippen LogP contribution in [0.3, 0.4) is 0 Å². The first-order valence-electron chi connectivity index (χ1n) is 6.98. The number of fused-ring (bicyclic) bond motifs is 1. The highest BCUT2D eigenvalue weighted by Crippen LogP contribution is 2.67. The van der Waals surface area contributed by atoms with Gasteiger partial charge in [-0.2, -0.15) is 0 Å². The van der Waals surface area contributed by atoms with Crippen LogP contribution in [0.25, 0.3) is 0 Å². The maximum Gasteiger partial charge on any atom is 0.320 e. The van der Waals surface area contributed by atoms with Crippen molar-refractivity contribution in [1.29, 1.82) is 0 Å². The Hall–Kier alpha value is -1.12. The van der Waals surface area contributed by atoms with Crippen LogP contribution < -0.4 is 0 Å². The lowest BCUT2D eigenvalue weighted by molar-refractivity contribution is -0.151. The van der Waals surface area contributed by atoms with Crippen LogP contribution in [0, 0.1) is 17.3 Å². The summed E-state index contributed by atoms with van der Waals surface area (Å²) in [5.41, 5.74) is -0.796. The van der Waals surface area contributed by atoms with Gasteiger partial charge < -0.3 is 4.74 Å². The van der Waals surface area contributed by atoms with Crippen molar-refractivity contribution in [2.75, 3.05) is 7.11 Å². The minimum atomic E-state index is -0.796. The number of hydrogen-bond donors (Lipinski definition) is 0. The van der Waals surface area contributed by atoms with E-state index in [2.05, 4.69) is 19.1 Å². The number of carbonyl (C=O) groups is 2. The third-order valence-corrected chi connectivity index (χ3v) is 4.42. The van der Waals surface area contributed by atoms with E-state index in [1.54, 1.807) is 0 Å². The number of rotatable bonds is 6. The lowest BCUT2D eigenvalue weighted by Crippen LogP contribution is -2.27. The number of carbonyl (C=O) groups excluding carboxylic acids is 2. The zero-order chi connectivity index (χ0) is 13.2. The van der Waals surface area contributed by atoms with E-state index < -0.39 is 5.41 Å². The first-order valence-corrected chi connectivity index (χ1v) is 6.98. The highest BCUT2D eigenvalue weighted by atomic mass is 16.5. The Labute approximate surface area is 109 Å². The summed E-state index contributed by atoms with van der Waals surface area (Å²) in [5, 5.41) is 0.